The molecule has 32 heteroatoms. The SMILES string of the molecule is CN(CCc1ccccn1)C(=O)c1ccc(Nc2nccc(-c3ccc(Br)s3)n2)cc1.CN1CCC(N(C)C(=O)c2ccc(Nc3nccc(-c4ccc(Br)s4)n3)cc2)C1.O=C(c1ccc(Nc2nccc(-c3ccc(Br)s3)n2)cc1)N1CCCC1c1ccccn1.O=C(c1ccc(Nc2nccc(-c3ccc(Br)s3)n2)cc1)N1CCCC1c1cccnc1. The molecule has 3 aliphatic rings. The van der Waals surface area contributed by atoms with Crippen molar-refractivity contribution in [2.45, 2.75) is 56.7 Å². The third kappa shape index (κ3) is 23.3. The second kappa shape index (κ2) is 42.2. The highest BCUT2D eigenvalue weighted by molar-refractivity contribution is 9.11. The summed E-state index contributed by atoms with van der Waals surface area (Å²) in [5.41, 5.74) is 12.4. The Bertz CT molecular complexity index is 5910. The Balaban J connectivity index is 0.000000128. The molecule has 3 saturated heterocycles. The molecule has 11 aromatic heterocycles. The van der Waals surface area contributed by atoms with E-state index in [0.717, 1.165) is 162 Å². The molecule has 0 aliphatic carbocycles. The van der Waals surface area contributed by atoms with Gasteiger partial charge in [-0.15, -0.1) is 45.3 Å². The van der Waals surface area contributed by atoms with Crippen LogP contribution >= 0.6 is 109 Å². The number of rotatable bonds is 22. The highest BCUT2D eigenvalue weighted by Gasteiger charge is 2.33. The predicted octanol–water partition coefficient (Wildman–Crippen LogP) is 22.1. The van der Waals surface area contributed by atoms with Crippen molar-refractivity contribution in [3.8, 4) is 42.3 Å². The minimum atomic E-state index is -0.0241. The second-order valence-corrected chi connectivity index (χ2v) is 38.9. The van der Waals surface area contributed by atoms with Gasteiger partial charge in [0, 0.05) is 153 Å². The average molecular weight is 1980 g/mol. The maximum atomic E-state index is 13.2. The number of thiophene rings is 4. The summed E-state index contributed by atoms with van der Waals surface area (Å²) in [7, 11) is 5.79. The van der Waals surface area contributed by atoms with Crippen LogP contribution in [0.5, 0.6) is 0 Å². The molecule has 0 radical (unpaired) electrons. The fourth-order valence-corrected chi connectivity index (χ4v) is 19.7. The second-order valence-electron chi connectivity index (χ2n) is 29.1. The number of hydrogen-bond acceptors (Lipinski definition) is 24. The van der Waals surface area contributed by atoms with Gasteiger partial charge in [0.1, 0.15) is 0 Å². The fourth-order valence-electron chi connectivity index (χ4n) is 14.2. The molecule has 0 spiro atoms. The van der Waals surface area contributed by atoms with Crippen LogP contribution in [0.1, 0.15) is 103 Å². The molecule has 24 nitrogen and oxygen atoms in total. The Kier molecular flexibility index (Phi) is 29.7. The van der Waals surface area contributed by atoms with Crippen LogP contribution in [0, 0.1) is 0 Å². The summed E-state index contributed by atoms with van der Waals surface area (Å²) in [6.07, 6.45) is 19.7. The van der Waals surface area contributed by atoms with Crippen molar-refractivity contribution < 1.29 is 19.2 Å². The van der Waals surface area contributed by atoms with Crippen LogP contribution in [0.25, 0.3) is 42.3 Å². The van der Waals surface area contributed by atoms with E-state index in [0.29, 0.717) is 52.6 Å². The molecule has 3 unspecified atom stereocenters. The number of amides is 4. The van der Waals surface area contributed by atoms with Crippen LogP contribution in [0.2, 0.25) is 0 Å². The number of likely N-dealkylation sites (tertiary alicyclic amines) is 3. The van der Waals surface area contributed by atoms with Crippen molar-refractivity contribution >= 4 is 179 Å². The molecule has 3 aliphatic heterocycles. The molecular weight excluding hydrogens is 1900 g/mol. The molecule has 4 amide bonds. The Hall–Kier alpha value is -11.6. The van der Waals surface area contributed by atoms with Gasteiger partial charge < -0.3 is 45.8 Å². The average Bonchev–Trinajstić information content (AvgIpc) is 1.65. The monoisotopic (exact) mass is 1970 g/mol. The van der Waals surface area contributed by atoms with Crippen LogP contribution in [0.4, 0.5) is 46.5 Å². The lowest BCUT2D eigenvalue weighted by molar-refractivity contribution is 0.0726. The standard InChI is InChI=1S/2C24H20BrN5OS.C23H20BrN5OS.C21H22BrN5OS/c25-22-10-9-21(32-22)19-11-13-27-24(29-19)28-18-7-5-16(6-8-18)23(31)30-14-2-4-20(30)17-3-1-12-26-15-17;25-22-11-10-21(32-22)19-12-14-27-24(29-19)28-17-8-6-16(7-9-17)23(31)30-15-3-5-20(30)18-4-1-2-13-26-18;1-29(15-12-17-4-2-3-13-25-17)22(30)16-5-7-18(8-6-16)27-23-26-14-11-19(28-23)20-9-10-21(24)31-20;1-26-12-10-16(13-26)27(2)20(28)14-3-5-15(6-4-14)24-21-23-11-9-17(25-21)18-7-8-19(22)29-18/h1,3,5-13,15,20H,2,4,14H2,(H,27,28,29);1-2,4,6-14,20H,3,5,15H2,(H,27,28,29);2-11,13-14H,12,15H2,1H3,(H,26,27,28);3-9,11,16H,10,12-13H2,1-2H3,(H,23,24,25). The van der Waals surface area contributed by atoms with Crippen molar-refractivity contribution in [1.29, 1.82) is 0 Å². The van der Waals surface area contributed by atoms with Gasteiger partial charge in [0.15, 0.2) is 0 Å². The first-order valence-corrected chi connectivity index (χ1v) is 46.2. The Morgan fingerprint density at radius 3 is 1.18 bits per heavy atom. The van der Waals surface area contributed by atoms with Gasteiger partial charge in [-0.25, -0.2) is 39.9 Å². The van der Waals surface area contributed by atoms with Crippen LogP contribution in [-0.2, 0) is 6.42 Å². The van der Waals surface area contributed by atoms with E-state index in [1.54, 1.807) is 101 Å². The van der Waals surface area contributed by atoms with Crippen LogP contribution in [0.3, 0.4) is 0 Å². The smallest absolute Gasteiger partial charge is 0.254 e. The highest BCUT2D eigenvalue weighted by atomic mass is 79.9. The summed E-state index contributed by atoms with van der Waals surface area (Å²) in [6.45, 7) is 4.08. The summed E-state index contributed by atoms with van der Waals surface area (Å²) in [5.74, 6) is 2.17. The van der Waals surface area contributed by atoms with E-state index in [4.69, 9.17) is 0 Å². The van der Waals surface area contributed by atoms with Crippen molar-refractivity contribution in [2.75, 3.05) is 75.1 Å². The molecule has 3 fully saturated rings. The van der Waals surface area contributed by atoms with Crippen LogP contribution < -0.4 is 21.3 Å². The minimum absolute atomic E-state index is 0.0241. The third-order valence-corrected chi connectivity index (χ3v) is 27.2. The van der Waals surface area contributed by atoms with Gasteiger partial charge in [-0.3, -0.25) is 34.1 Å². The number of likely N-dealkylation sites (N-methyl/N-ethyl adjacent to an activating group) is 3. The number of pyridine rings is 3. The zero-order chi connectivity index (χ0) is 85.8. The number of halogens is 4. The zero-order valence-electron chi connectivity index (χ0n) is 67.3. The number of benzene rings is 4. The molecule has 4 aromatic carbocycles. The first-order chi connectivity index (χ1) is 60.4. The van der Waals surface area contributed by atoms with Crippen molar-refractivity contribution in [2.24, 2.45) is 0 Å². The van der Waals surface area contributed by atoms with Crippen LogP contribution in [-0.4, -0.2) is 163 Å². The van der Waals surface area contributed by atoms with E-state index in [9.17, 15) is 19.2 Å². The maximum Gasteiger partial charge on any atom is 0.254 e. The number of carbonyl (C=O) groups is 4. The summed E-state index contributed by atoms with van der Waals surface area (Å²) >= 11 is 20.4. The molecule has 626 valence electrons. The normalized spacial score (nSPS) is 14.7. The van der Waals surface area contributed by atoms with Gasteiger partial charge in [-0.05, 0) is 315 Å². The van der Waals surface area contributed by atoms with Crippen LogP contribution in [0.15, 0.2) is 283 Å². The van der Waals surface area contributed by atoms with Gasteiger partial charge >= 0.3 is 0 Å². The first kappa shape index (κ1) is 87.3. The van der Waals surface area contributed by atoms with Crippen molar-refractivity contribution in [3.05, 3.63) is 322 Å². The van der Waals surface area contributed by atoms with Gasteiger partial charge in [-0.2, -0.15) is 0 Å². The molecule has 15 aromatic rings. The van der Waals surface area contributed by atoms with E-state index in [1.165, 1.54) is 0 Å². The molecule has 4 N–H and O–H groups in total. The van der Waals surface area contributed by atoms with Gasteiger partial charge in [0.2, 0.25) is 23.8 Å². The molecular formula is C92H82Br4N20O4S4. The first-order valence-electron chi connectivity index (χ1n) is 39.8. The minimum Gasteiger partial charge on any atom is -0.341 e. The largest absolute Gasteiger partial charge is 0.341 e. The van der Waals surface area contributed by atoms with Crippen molar-refractivity contribution in [1.82, 2.24) is 79.3 Å². The Labute approximate surface area is 767 Å². The molecule has 3 atom stereocenters. The zero-order valence-corrected chi connectivity index (χ0v) is 77.0. The topological polar surface area (TPSA) is 274 Å². The number of hydrogen-bond donors (Lipinski definition) is 4. The van der Waals surface area contributed by atoms with E-state index < -0.39 is 0 Å². The summed E-state index contributed by atoms with van der Waals surface area (Å²) in [4.78, 5) is 114. The summed E-state index contributed by atoms with van der Waals surface area (Å²) in [5, 5.41) is 12.9. The molecule has 18 rings (SSSR count). The number of aromatic nitrogens is 11. The van der Waals surface area contributed by atoms with Gasteiger partial charge in [-0.1, -0.05) is 18.2 Å². The molecule has 0 bridgehead atoms. The number of anilines is 8. The lowest BCUT2D eigenvalue weighted by Gasteiger charge is -2.25. The lowest BCUT2D eigenvalue weighted by atomic mass is 10.1. The van der Waals surface area contributed by atoms with Crippen molar-refractivity contribution in [3.63, 3.8) is 0 Å². The maximum absolute atomic E-state index is 13.2. The fraction of sp³-hybridized carbons (Fsp3) is 0.185. The van der Waals surface area contributed by atoms with E-state index in [1.807, 2.05) is 246 Å². The number of nitrogens with one attached hydrogen (secondary N) is 4. The predicted molar refractivity (Wildman–Crippen MR) is 508 cm³/mol. The van der Waals surface area contributed by atoms with E-state index in [2.05, 4.69) is 152 Å². The molecule has 0 saturated carbocycles. The Morgan fingerprint density at radius 1 is 0.403 bits per heavy atom. The summed E-state index contributed by atoms with van der Waals surface area (Å²) in [6, 6.07) is 69.4. The number of carbonyl (C=O) groups excluding carboxylic acids is 4. The van der Waals surface area contributed by atoms with E-state index >= 15 is 0 Å². The van der Waals surface area contributed by atoms with E-state index in [-0.39, 0.29) is 41.8 Å². The molecule has 14 heterocycles. The summed E-state index contributed by atoms with van der Waals surface area (Å²) < 4.78 is 4.24. The quantitative estimate of drug-likeness (QED) is 0.0491. The lowest BCUT2D eigenvalue weighted by Crippen LogP contribution is -2.38. The third-order valence-electron chi connectivity index (χ3n) is 20.6. The highest BCUT2D eigenvalue weighted by Crippen LogP contribution is 2.38. The molecule has 124 heavy (non-hydrogen) atoms. The van der Waals surface area contributed by atoms with Gasteiger partial charge in [0.25, 0.3) is 23.6 Å². The Morgan fingerprint density at radius 2 is 0.806 bits per heavy atom. The van der Waals surface area contributed by atoms with Gasteiger partial charge in [0.05, 0.1) is 75.2 Å². The number of nitrogens with zero attached hydrogens (tertiary/aromatic N) is 16.